The quantitative estimate of drug-likeness (QED) is 0.825. The molecule has 1 aliphatic rings. The molecule has 142 valence electrons. The number of ether oxygens (including phenoxy) is 2. The van der Waals surface area contributed by atoms with Gasteiger partial charge in [0.2, 0.25) is 0 Å². The molecule has 2 heterocycles. The van der Waals surface area contributed by atoms with Crippen LogP contribution < -0.4 is 9.47 Å². The molecule has 0 radical (unpaired) electrons. The number of amides is 2. The first-order valence-electron chi connectivity index (χ1n) is 8.85. The standard InChI is InChI=1S/C20H23N3O4/c1-26-15-7-8-18(27-2)16(14-15)19(24)22-10-5-11-23(13-12-22)20(25)17-6-3-4-9-21-17/h3-4,6-9,14H,5,10-13H2,1-2H3. The molecular formula is C20H23N3O4. The molecule has 1 saturated heterocycles. The van der Waals surface area contributed by atoms with Gasteiger partial charge in [-0.3, -0.25) is 14.6 Å². The summed E-state index contributed by atoms with van der Waals surface area (Å²) in [7, 11) is 3.09. The number of aromatic nitrogens is 1. The molecule has 0 N–H and O–H groups in total. The van der Waals surface area contributed by atoms with Gasteiger partial charge in [-0.2, -0.15) is 0 Å². The molecule has 0 bridgehead atoms. The van der Waals surface area contributed by atoms with Crippen molar-refractivity contribution in [1.29, 1.82) is 0 Å². The normalized spacial score (nSPS) is 14.4. The molecule has 0 spiro atoms. The maximum atomic E-state index is 13.0. The number of benzene rings is 1. The van der Waals surface area contributed by atoms with E-state index in [2.05, 4.69) is 4.98 Å². The Morgan fingerprint density at radius 2 is 1.67 bits per heavy atom. The predicted octanol–water partition coefficient (Wildman–Crippen LogP) is 2.09. The Hall–Kier alpha value is -3.09. The van der Waals surface area contributed by atoms with Gasteiger partial charge < -0.3 is 19.3 Å². The van der Waals surface area contributed by atoms with Gasteiger partial charge in [0.15, 0.2) is 0 Å². The minimum atomic E-state index is -0.127. The van der Waals surface area contributed by atoms with Crippen molar-refractivity contribution < 1.29 is 19.1 Å². The zero-order valence-electron chi connectivity index (χ0n) is 15.6. The number of carbonyl (C=O) groups excluding carboxylic acids is 2. The summed E-state index contributed by atoms with van der Waals surface area (Å²) in [6.45, 7) is 2.09. The van der Waals surface area contributed by atoms with Crippen molar-refractivity contribution in [2.75, 3.05) is 40.4 Å². The highest BCUT2D eigenvalue weighted by Gasteiger charge is 2.25. The van der Waals surface area contributed by atoms with Crippen LogP contribution in [0.15, 0.2) is 42.6 Å². The van der Waals surface area contributed by atoms with E-state index in [4.69, 9.17) is 9.47 Å². The molecule has 3 rings (SSSR count). The maximum Gasteiger partial charge on any atom is 0.272 e. The minimum Gasteiger partial charge on any atom is -0.497 e. The zero-order valence-corrected chi connectivity index (χ0v) is 15.6. The molecule has 7 heteroatoms. The van der Waals surface area contributed by atoms with E-state index in [1.54, 1.807) is 59.5 Å². The molecule has 1 aromatic heterocycles. The highest BCUT2D eigenvalue weighted by atomic mass is 16.5. The van der Waals surface area contributed by atoms with Crippen LogP contribution in [0.3, 0.4) is 0 Å². The number of nitrogens with zero attached hydrogens (tertiary/aromatic N) is 3. The number of hydrogen-bond acceptors (Lipinski definition) is 5. The first kappa shape index (κ1) is 18.7. The van der Waals surface area contributed by atoms with E-state index in [0.717, 1.165) is 0 Å². The largest absolute Gasteiger partial charge is 0.497 e. The monoisotopic (exact) mass is 369 g/mol. The number of rotatable bonds is 4. The maximum absolute atomic E-state index is 13.0. The van der Waals surface area contributed by atoms with E-state index in [-0.39, 0.29) is 11.8 Å². The van der Waals surface area contributed by atoms with Crippen LogP contribution in [0.25, 0.3) is 0 Å². The lowest BCUT2D eigenvalue weighted by Gasteiger charge is -2.23. The van der Waals surface area contributed by atoms with Crippen LogP contribution in [-0.2, 0) is 0 Å². The third-order valence-corrected chi connectivity index (χ3v) is 4.59. The van der Waals surface area contributed by atoms with E-state index in [9.17, 15) is 9.59 Å². The van der Waals surface area contributed by atoms with E-state index in [0.29, 0.717) is 55.4 Å². The molecule has 2 aromatic rings. The summed E-state index contributed by atoms with van der Waals surface area (Å²) in [4.78, 5) is 33.3. The van der Waals surface area contributed by atoms with Crippen molar-refractivity contribution in [2.24, 2.45) is 0 Å². The van der Waals surface area contributed by atoms with Crippen molar-refractivity contribution >= 4 is 11.8 Å². The Morgan fingerprint density at radius 3 is 2.30 bits per heavy atom. The van der Waals surface area contributed by atoms with Gasteiger partial charge in [-0.05, 0) is 36.8 Å². The summed E-state index contributed by atoms with van der Waals surface area (Å²) in [6.07, 6.45) is 2.31. The third kappa shape index (κ3) is 4.19. The summed E-state index contributed by atoms with van der Waals surface area (Å²) < 4.78 is 10.6. The predicted molar refractivity (Wildman–Crippen MR) is 100 cm³/mol. The van der Waals surface area contributed by atoms with E-state index in [1.165, 1.54) is 7.11 Å². The SMILES string of the molecule is COc1ccc(OC)c(C(=O)N2CCCN(C(=O)c3ccccn3)CC2)c1. The zero-order chi connectivity index (χ0) is 19.2. The molecule has 2 amide bonds. The number of pyridine rings is 1. The second-order valence-corrected chi connectivity index (χ2v) is 6.22. The Bertz CT molecular complexity index is 810. The van der Waals surface area contributed by atoms with Crippen molar-refractivity contribution in [3.63, 3.8) is 0 Å². The van der Waals surface area contributed by atoms with Gasteiger partial charge in [0.25, 0.3) is 11.8 Å². The van der Waals surface area contributed by atoms with Gasteiger partial charge in [0.05, 0.1) is 19.8 Å². The van der Waals surface area contributed by atoms with Gasteiger partial charge in [0.1, 0.15) is 17.2 Å². The lowest BCUT2D eigenvalue weighted by Crippen LogP contribution is -2.37. The van der Waals surface area contributed by atoms with E-state index >= 15 is 0 Å². The second-order valence-electron chi connectivity index (χ2n) is 6.22. The van der Waals surface area contributed by atoms with Gasteiger partial charge in [-0.15, -0.1) is 0 Å². The van der Waals surface area contributed by atoms with Crippen LogP contribution in [0.2, 0.25) is 0 Å². The summed E-state index contributed by atoms with van der Waals surface area (Å²) in [6, 6.07) is 10.4. The summed E-state index contributed by atoms with van der Waals surface area (Å²) in [5, 5.41) is 0. The Kier molecular flexibility index (Phi) is 5.90. The topological polar surface area (TPSA) is 72.0 Å². The molecule has 0 saturated carbocycles. The fourth-order valence-corrected chi connectivity index (χ4v) is 3.13. The summed E-state index contributed by atoms with van der Waals surface area (Å²) in [5.41, 5.74) is 0.882. The van der Waals surface area contributed by atoms with E-state index in [1.807, 2.05) is 0 Å². The average molecular weight is 369 g/mol. The lowest BCUT2D eigenvalue weighted by atomic mass is 10.1. The Labute approximate surface area is 158 Å². The fourth-order valence-electron chi connectivity index (χ4n) is 3.13. The van der Waals surface area contributed by atoms with Crippen molar-refractivity contribution in [3.8, 4) is 11.5 Å². The molecular weight excluding hydrogens is 346 g/mol. The molecule has 1 aliphatic heterocycles. The fraction of sp³-hybridized carbons (Fsp3) is 0.350. The number of methoxy groups -OCH3 is 2. The van der Waals surface area contributed by atoms with Crippen LogP contribution >= 0.6 is 0 Å². The van der Waals surface area contributed by atoms with Gasteiger partial charge >= 0.3 is 0 Å². The first-order valence-corrected chi connectivity index (χ1v) is 8.85. The lowest BCUT2D eigenvalue weighted by molar-refractivity contribution is 0.0714. The van der Waals surface area contributed by atoms with Crippen molar-refractivity contribution in [3.05, 3.63) is 53.9 Å². The molecule has 0 atom stereocenters. The smallest absolute Gasteiger partial charge is 0.272 e. The number of carbonyl (C=O) groups is 2. The molecule has 7 nitrogen and oxygen atoms in total. The molecule has 1 aromatic carbocycles. The van der Waals surface area contributed by atoms with Crippen LogP contribution in [0.1, 0.15) is 27.3 Å². The van der Waals surface area contributed by atoms with E-state index < -0.39 is 0 Å². The molecule has 27 heavy (non-hydrogen) atoms. The van der Waals surface area contributed by atoms with Gasteiger partial charge in [-0.1, -0.05) is 6.07 Å². The van der Waals surface area contributed by atoms with Crippen LogP contribution in [0.5, 0.6) is 11.5 Å². The van der Waals surface area contributed by atoms with Gasteiger partial charge in [-0.25, -0.2) is 0 Å². The van der Waals surface area contributed by atoms with Crippen LogP contribution in [0.4, 0.5) is 0 Å². The van der Waals surface area contributed by atoms with Crippen LogP contribution in [0, 0.1) is 0 Å². The minimum absolute atomic E-state index is 0.108. The average Bonchev–Trinajstić information content (AvgIpc) is 2.99. The van der Waals surface area contributed by atoms with Crippen molar-refractivity contribution in [2.45, 2.75) is 6.42 Å². The Balaban J connectivity index is 1.73. The summed E-state index contributed by atoms with van der Waals surface area (Å²) in [5.74, 6) is 0.870. The van der Waals surface area contributed by atoms with Gasteiger partial charge in [0, 0.05) is 32.4 Å². The first-order chi connectivity index (χ1) is 13.1. The summed E-state index contributed by atoms with van der Waals surface area (Å²) >= 11 is 0. The Morgan fingerprint density at radius 1 is 0.926 bits per heavy atom. The molecule has 0 unspecified atom stereocenters. The highest BCUT2D eigenvalue weighted by Crippen LogP contribution is 2.25. The molecule has 1 fully saturated rings. The highest BCUT2D eigenvalue weighted by molar-refractivity contribution is 5.97. The molecule has 0 aliphatic carbocycles. The number of hydrogen-bond donors (Lipinski definition) is 0. The van der Waals surface area contributed by atoms with Crippen molar-refractivity contribution in [1.82, 2.24) is 14.8 Å². The third-order valence-electron chi connectivity index (χ3n) is 4.59. The second kappa shape index (κ2) is 8.53. The van der Waals surface area contributed by atoms with Crippen LogP contribution in [-0.4, -0.2) is 67.0 Å².